The first kappa shape index (κ1) is 27.5. The molecule has 0 saturated carbocycles. The molecule has 2 atom stereocenters. The van der Waals surface area contributed by atoms with E-state index in [1.54, 1.807) is 38.1 Å². The van der Waals surface area contributed by atoms with Crippen molar-refractivity contribution in [2.45, 2.75) is 56.7 Å². The number of esters is 1. The molecule has 2 bridgehead atoms. The Labute approximate surface area is 209 Å². The van der Waals surface area contributed by atoms with Crippen LogP contribution in [0.3, 0.4) is 0 Å². The van der Waals surface area contributed by atoms with E-state index in [4.69, 9.17) is 4.74 Å². The SMILES string of the molecule is C/C=C1\NC(=O)c2cc(SC)cc(n2)CNC(=O)C[C@@H](/C=C/CCS)OC(=O)C(CC)NC1=O. The topological polar surface area (TPSA) is 126 Å². The molecule has 1 aliphatic rings. The summed E-state index contributed by atoms with van der Waals surface area (Å²) >= 11 is 5.58. The zero-order valence-corrected chi connectivity index (χ0v) is 21.1. The third-order valence-electron chi connectivity index (χ3n) is 4.87. The molecule has 0 aliphatic carbocycles. The van der Waals surface area contributed by atoms with Gasteiger partial charge in [-0.3, -0.25) is 14.4 Å². The van der Waals surface area contributed by atoms with E-state index in [0.29, 0.717) is 17.9 Å². The Kier molecular flexibility index (Phi) is 11.1. The summed E-state index contributed by atoms with van der Waals surface area (Å²) in [5.41, 5.74) is 0.572. The number of nitrogens with one attached hydrogen (secondary N) is 3. The van der Waals surface area contributed by atoms with E-state index < -0.39 is 29.9 Å². The van der Waals surface area contributed by atoms with Crippen LogP contribution >= 0.6 is 24.4 Å². The van der Waals surface area contributed by atoms with Gasteiger partial charge >= 0.3 is 5.97 Å². The first-order valence-corrected chi connectivity index (χ1v) is 12.7. The second-order valence-corrected chi connectivity index (χ2v) is 8.70. The number of ether oxygens (including phenoxy) is 1. The highest BCUT2D eigenvalue weighted by atomic mass is 32.2. The van der Waals surface area contributed by atoms with Crippen molar-refractivity contribution in [3.8, 4) is 0 Å². The maximum atomic E-state index is 12.8. The van der Waals surface area contributed by atoms with Gasteiger partial charge in [0.05, 0.1) is 18.7 Å². The second-order valence-electron chi connectivity index (χ2n) is 7.37. The number of nitrogens with zero attached hydrogens (tertiary/aromatic N) is 1. The summed E-state index contributed by atoms with van der Waals surface area (Å²) in [5.74, 6) is -1.63. The van der Waals surface area contributed by atoms with Crippen LogP contribution in [-0.2, 0) is 25.7 Å². The highest BCUT2D eigenvalue weighted by Crippen LogP contribution is 2.17. The van der Waals surface area contributed by atoms with Crippen LogP contribution in [0.5, 0.6) is 0 Å². The minimum Gasteiger partial charge on any atom is -0.456 e. The highest BCUT2D eigenvalue weighted by Gasteiger charge is 2.26. The number of thioether (sulfide) groups is 1. The van der Waals surface area contributed by atoms with Crippen molar-refractivity contribution in [2.75, 3.05) is 12.0 Å². The van der Waals surface area contributed by atoms with E-state index in [1.165, 1.54) is 17.8 Å². The van der Waals surface area contributed by atoms with Crippen LogP contribution in [0, 0.1) is 0 Å². The summed E-state index contributed by atoms with van der Waals surface area (Å²) in [6.07, 6.45) is 6.73. The van der Waals surface area contributed by atoms with E-state index in [2.05, 4.69) is 33.6 Å². The minimum atomic E-state index is -0.958. The van der Waals surface area contributed by atoms with Crippen molar-refractivity contribution in [1.82, 2.24) is 20.9 Å². The summed E-state index contributed by atoms with van der Waals surface area (Å²) in [6.45, 7) is 3.40. The Morgan fingerprint density at radius 2 is 2.00 bits per heavy atom. The molecule has 1 aliphatic heterocycles. The number of carbonyl (C=O) groups excluding carboxylic acids is 4. The Morgan fingerprint density at radius 1 is 1.24 bits per heavy atom. The first-order valence-electron chi connectivity index (χ1n) is 10.9. The predicted molar refractivity (Wildman–Crippen MR) is 133 cm³/mol. The van der Waals surface area contributed by atoms with Gasteiger partial charge < -0.3 is 20.7 Å². The Hall–Kier alpha value is -2.79. The normalized spacial score (nSPS) is 21.7. The molecule has 184 valence electrons. The fourth-order valence-corrected chi connectivity index (χ4v) is 3.67. The molecule has 0 saturated heterocycles. The van der Waals surface area contributed by atoms with Gasteiger partial charge in [0.15, 0.2) is 0 Å². The molecule has 3 amide bonds. The lowest BCUT2D eigenvalue weighted by atomic mass is 10.1. The van der Waals surface area contributed by atoms with Crippen molar-refractivity contribution in [2.24, 2.45) is 0 Å². The molecule has 0 aromatic carbocycles. The van der Waals surface area contributed by atoms with Crippen molar-refractivity contribution in [3.63, 3.8) is 0 Å². The summed E-state index contributed by atoms with van der Waals surface area (Å²) in [5, 5.41) is 7.90. The molecule has 1 unspecified atom stereocenters. The summed E-state index contributed by atoms with van der Waals surface area (Å²) < 4.78 is 5.54. The van der Waals surface area contributed by atoms with Gasteiger partial charge in [-0.2, -0.15) is 12.6 Å². The van der Waals surface area contributed by atoms with Crippen LogP contribution in [0.1, 0.15) is 49.3 Å². The number of hydrogen-bond acceptors (Lipinski definition) is 8. The lowest BCUT2D eigenvalue weighted by molar-refractivity contribution is -0.151. The van der Waals surface area contributed by atoms with Gasteiger partial charge in [-0.05, 0) is 50.0 Å². The number of aromatic nitrogens is 1. The van der Waals surface area contributed by atoms with E-state index in [1.807, 2.05) is 6.26 Å². The molecular weight excluding hydrogens is 476 g/mol. The van der Waals surface area contributed by atoms with Gasteiger partial charge in [0.1, 0.15) is 23.5 Å². The van der Waals surface area contributed by atoms with Crippen LogP contribution in [0.4, 0.5) is 0 Å². The maximum Gasteiger partial charge on any atom is 0.329 e. The van der Waals surface area contributed by atoms with Crippen LogP contribution in [0.25, 0.3) is 0 Å². The van der Waals surface area contributed by atoms with Crippen molar-refractivity contribution in [3.05, 3.63) is 47.4 Å². The monoisotopic (exact) mass is 506 g/mol. The molecule has 34 heavy (non-hydrogen) atoms. The highest BCUT2D eigenvalue weighted by molar-refractivity contribution is 7.98. The number of allylic oxidation sites excluding steroid dienone is 2. The molecule has 1 aromatic heterocycles. The fraction of sp³-hybridized carbons (Fsp3) is 0.435. The quantitative estimate of drug-likeness (QED) is 0.158. The van der Waals surface area contributed by atoms with Gasteiger partial charge in [0, 0.05) is 4.90 Å². The first-order chi connectivity index (χ1) is 16.3. The smallest absolute Gasteiger partial charge is 0.329 e. The molecule has 1 aromatic rings. The van der Waals surface area contributed by atoms with Crippen LogP contribution in [0.2, 0.25) is 0 Å². The van der Waals surface area contributed by atoms with Gasteiger partial charge in [0.2, 0.25) is 5.91 Å². The number of hydrogen-bond donors (Lipinski definition) is 4. The molecular formula is C23H30N4O5S2. The maximum absolute atomic E-state index is 12.8. The Balaban J connectivity index is 2.42. The van der Waals surface area contributed by atoms with E-state index in [-0.39, 0.29) is 36.7 Å². The summed E-state index contributed by atoms with van der Waals surface area (Å²) in [4.78, 5) is 56.0. The average molecular weight is 507 g/mol. The third-order valence-corrected chi connectivity index (χ3v) is 5.83. The number of amides is 3. The van der Waals surface area contributed by atoms with Gasteiger partial charge in [0.25, 0.3) is 11.8 Å². The molecule has 0 fully saturated rings. The van der Waals surface area contributed by atoms with Crippen LogP contribution < -0.4 is 16.0 Å². The van der Waals surface area contributed by atoms with Crippen molar-refractivity contribution in [1.29, 1.82) is 0 Å². The largest absolute Gasteiger partial charge is 0.456 e. The number of fused-ring (bicyclic) bond motifs is 2. The molecule has 2 heterocycles. The van der Waals surface area contributed by atoms with Crippen molar-refractivity contribution < 1.29 is 23.9 Å². The molecule has 11 heteroatoms. The average Bonchev–Trinajstić information content (AvgIpc) is 2.83. The zero-order chi connectivity index (χ0) is 25.1. The van der Waals surface area contributed by atoms with E-state index in [9.17, 15) is 19.2 Å². The van der Waals surface area contributed by atoms with Gasteiger partial charge in [-0.15, -0.1) is 11.8 Å². The third kappa shape index (κ3) is 8.21. The minimum absolute atomic E-state index is 0.0141. The molecule has 2 rings (SSSR count). The zero-order valence-electron chi connectivity index (χ0n) is 19.4. The standard InChI is InChI=1S/C23H30N4O5S2/c1-4-17-21(29)27-18(5-2)23(31)32-15(8-6-7-9-33)11-20(28)24-13-14-10-16(34-3)12-19(25-14)22(30)26-17/h4,6,8,10,12,15,18,33H,5,7,9,11,13H2,1-3H3,(H,24,28)(H,26,30)(H,27,29)/b8-6+,17-4-/t15-,18?/m1/s1. The van der Waals surface area contributed by atoms with Crippen molar-refractivity contribution >= 4 is 48.1 Å². The second kappa shape index (κ2) is 13.8. The Morgan fingerprint density at radius 3 is 2.65 bits per heavy atom. The van der Waals surface area contributed by atoms with E-state index in [0.717, 1.165) is 4.90 Å². The molecule has 0 spiro atoms. The number of rotatable bonds is 5. The number of cyclic esters (lactones) is 1. The summed E-state index contributed by atoms with van der Waals surface area (Å²) in [7, 11) is 0. The number of thiol groups is 1. The molecule has 0 radical (unpaired) electrons. The Bertz CT molecular complexity index is 980. The van der Waals surface area contributed by atoms with Crippen LogP contribution in [0.15, 0.2) is 41.0 Å². The van der Waals surface area contributed by atoms with Gasteiger partial charge in [-0.1, -0.05) is 19.1 Å². The molecule has 3 N–H and O–H groups in total. The van der Waals surface area contributed by atoms with Crippen LogP contribution in [-0.4, -0.2) is 52.8 Å². The lowest BCUT2D eigenvalue weighted by Crippen LogP contribution is -2.46. The lowest BCUT2D eigenvalue weighted by Gasteiger charge is -2.21. The number of carbonyl (C=O) groups is 4. The predicted octanol–water partition coefficient (Wildman–Crippen LogP) is 2.14. The van der Waals surface area contributed by atoms with E-state index >= 15 is 0 Å². The fourth-order valence-electron chi connectivity index (χ4n) is 3.04. The number of pyridine rings is 1. The van der Waals surface area contributed by atoms with Gasteiger partial charge in [-0.25, -0.2) is 9.78 Å². The molecule has 9 nitrogen and oxygen atoms in total. The summed E-state index contributed by atoms with van der Waals surface area (Å²) in [6, 6.07) is 2.42.